The van der Waals surface area contributed by atoms with E-state index in [0.29, 0.717) is 31.3 Å². The molecule has 1 aliphatic heterocycles. The molecule has 8 heteroatoms. The van der Waals surface area contributed by atoms with Crippen molar-refractivity contribution in [1.29, 1.82) is 0 Å². The molecule has 1 amide bonds. The average molecular weight is 431 g/mol. The van der Waals surface area contributed by atoms with Crippen molar-refractivity contribution in [3.8, 4) is 11.4 Å². The second-order valence-corrected chi connectivity index (χ2v) is 7.72. The summed E-state index contributed by atoms with van der Waals surface area (Å²) >= 11 is 0. The van der Waals surface area contributed by atoms with E-state index in [0.717, 1.165) is 46.3 Å². The standard InChI is InChI=1S/C24H25N5O3/c1-3-32-24(30)25-17-6-4-5-16(15-17)22-26-21-18-9-10-28(2)20(18)8-7-19(21)23(27-22)29-11-13-31-14-12-29/h4-10,15H,3,11-14H2,1-2H3,(H,25,30). The van der Waals surface area contributed by atoms with Gasteiger partial charge in [0, 0.05) is 53.9 Å². The first-order chi connectivity index (χ1) is 15.6. The fourth-order valence-corrected chi connectivity index (χ4v) is 4.09. The zero-order chi connectivity index (χ0) is 22.1. The van der Waals surface area contributed by atoms with Gasteiger partial charge in [0.2, 0.25) is 0 Å². The Hall–Kier alpha value is -3.65. The summed E-state index contributed by atoms with van der Waals surface area (Å²) in [6.07, 6.45) is 1.56. The molecule has 8 nitrogen and oxygen atoms in total. The monoisotopic (exact) mass is 431 g/mol. The van der Waals surface area contributed by atoms with E-state index in [1.165, 1.54) is 0 Å². The predicted octanol–water partition coefficient (Wildman–Crippen LogP) is 4.19. The van der Waals surface area contributed by atoms with E-state index in [1.807, 2.05) is 37.5 Å². The number of carbonyl (C=O) groups is 1. The normalized spacial score (nSPS) is 14.1. The maximum Gasteiger partial charge on any atom is 0.411 e. The van der Waals surface area contributed by atoms with Gasteiger partial charge in [-0.05, 0) is 37.3 Å². The molecule has 0 saturated carbocycles. The van der Waals surface area contributed by atoms with Gasteiger partial charge in [-0.1, -0.05) is 12.1 Å². The van der Waals surface area contributed by atoms with Crippen molar-refractivity contribution in [3.63, 3.8) is 0 Å². The first-order valence-electron chi connectivity index (χ1n) is 10.8. The van der Waals surface area contributed by atoms with Crippen LogP contribution >= 0.6 is 0 Å². The number of amides is 1. The summed E-state index contributed by atoms with van der Waals surface area (Å²) < 4.78 is 12.6. The molecule has 1 N–H and O–H groups in total. The third-order valence-electron chi connectivity index (χ3n) is 5.66. The number of benzene rings is 2. The summed E-state index contributed by atoms with van der Waals surface area (Å²) in [5.74, 6) is 1.52. The number of hydrogen-bond donors (Lipinski definition) is 1. The number of aryl methyl sites for hydroxylation is 1. The molecule has 4 aromatic rings. The third kappa shape index (κ3) is 3.73. The van der Waals surface area contributed by atoms with Crippen LogP contribution in [0.3, 0.4) is 0 Å². The summed E-state index contributed by atoms with van der Waals surface area (Å²) in [4.78, 5) is 24.1. The number of rotatable bonds is 4. The van der Waals surface area contributed by atoms with Gasteiger partial charge in [0.1, 0.15) is 5.82 Å². The van der Waals surface area contributed by atoms with Crippen molar-refractivity contribution in [2.45, 2.75) is 6.92 Å². The Kier molecular flexibility index (Phi) is 5.36. The van der Waals surface area contributed by atoms with Gasteiger partial charge in [-0.15, -0.1) is 0 Å². The van der Waals surface area contributed by atoms with Gasteiger partial charge in [0.25, 0.3) is 0 Å². The second-order valence-electron chi connectivity index (χ2n) is 7.72. The molecule has 3 heterocycles. The van der Waals surface area contributed by atoms with Gasteiger partial charge in [-0.3, -0.25) is 5.32 Å². The fourth-order valence-electron chi connectivity index (χ4n) is 4.09. The number of morpholine rings is 1. The molecular weight excluding hydrogens is 406 g/mol. The molecule has 0 unspecified atom stereocenters. The van der Waals surface area contributed by atoms with Crippen LogP contribution in [-0.2, 0) is 16.5 Å². The van der Waals surface area contributed by atoms with Crippen LogP contribution in [0.1, 0.15) is 6.92 Å². The number of anilines is 2. The molecular formula is C24H25N5O3. The SMILES string of the molecule is CCOC(=O)Nc1cccc(-c2nc(N3CCOCC3)c3ccc4c(ccn4C)c3n2)c1. The maximum atomic E-state index is 11.9. The first-order valence-corrected chi connectivity index (χ1v) is 10.8. The highest BCUT2D eigenvalue weighted by Crippen LogP contribution is 2.33. The number of fused-ring (bicyclic) bond motifs is 3. The minimum atomic E-state index is -0.482. The lowest BCUT2D eigenvalue weighted by Gasteiger charge is -2.29. The van der Waals surface area contributed by atoms with Crippen LogP contribution in [0.15, 0.2) is 48.7 Å². The molecule has 32 heavy (non-hydrogen) atoms. The lowest BCUT2D eigenvalue weighted by atomic mass is 10.1. The van der Waals surface area contributed by atoms with E-state index in [2.05, 4.69) is 33.0 Å². The fraction of sp³-hybridized carbons (Fsp3) is 0.292. The molecule has 1 fully saturated rings. The highest BCUT2D eigenvalue weighted by Gasteiger charge is 2.20. The van der Waals surface area contributed by atoms with E-state index >= 15 is 0 Å². The summed E-state index contributed by atoms with van der Waals surface area (Å²) in [5.41, 5.74) is 3.49. The summed E-state index contributed by atoms with van der Waals surface area (Å²) in [6.45, 7) is 5.00. The largest absolute Gasteiger partial charge is 0.450 e. The van der Waals surface area contributed by atoms with Crippen molar-refractivity contribution >= 4 is 39.4 Å². The van der Waals surface area contributed by atoms with Crippen molar-refractivity contribution in [2.24, 2.45) is 7.05 Å². The van der Waals surface area contributed by atoms with Crippen molar-refractivity contribution < 1.29 is 14.3 Å². The van der Waals surface area contributed by atoms with Gasteiger partial charge in [-0.25, -0.2) is 14.8 Å². The average Bonchev–Trinajstić information content (AvgIpc) is 3.20. The summed E-state index contributed by atoms with van der Waals surface area (Å²) in [6, 6.07) is 13.8. The zero-order valence-corrected chi connectivity index (χ0v) is 18.2. The summed E-state index contributed by atoms with van der Waals surface area (Å²) in [7, 11) is 2.03. The van der Waals surface area contributed by atoms with E-state index in [9.17, 15) is 4.79 Å². The van der Waals surface area contributed by atoms with Crippen LogP contribution in [0.2, 0.25) is 0 Å². The number of carbonyl (C=O) groups excluding carboxylic acids is 1. The molecule has 0 aliphatic carbocycles. The Bertz CT molecular complexity index is 1290. The van der Waals surface area contributed by atoms with E-state index < -0.39 is 6.09 Å². The number of hydrogen-bond acceptors (Lipinski definition) is 6. The van der Waals surface area contributed by atoms with E-state index in [4.69, 9.17) is 19.4 Å². The van der Waals surface area contributed by atoms with Gasteiger partial charge in [0.05, 0.1) is 25.3 Å². The predicted molar refractivity (Wildman–Crippen MR) is 125 cm³/mol. The minimum absolute atomic E-state index is 0.315. The Morgan fingerprint density at radius 2 is 1.97 bits per heavy atom. The lowest BCUT2D eigenvalue weighted by molar-refractivity contribution is 0.122. The van der Waals surface area contributed by atoms with Gasteiger partial charge in [0.15, 0.2) is 5.82 Å². The van der Waals surface area contributed by atoms with Crippen LogP contribution in [0.5, 0.6) is 0 Å². The topological polar surface area (TPSA) is 81.5 Å². The smallest absolute Gasteiger partial charge is 0.411 e. The molecule has 1 aliphatic rings. The molecule has 5 rings (SSSR count). The first kappa shape index (κ1) is 20.3. The maximum absolute atomic E-state index is 11.9. The number of ether oxygens (including phenoxy) is 2. The van der Waals surface area contributed by atoms with Gasteiger partial charge >= 0.3 is 6.09 Å². The zero-order valence-electron chi connectivity index (χ0n) is 18.2. The molecule has 2 aromatic heterocycles. The number of aromatic nitrogens is 3. The molecule has 0 atom stereocenters. The molecule has 0 spiro atoms. The van der Waals surface area contributed by atoms with Crippen LogP contribution < -0.4 is 10.2 Å². The molecule has 164 valence electrons. The van der Waals surface area contributed by atoms with Crippen LogP contribution in [0, 0.1) is 0 Å². The molecule has 0 bridgehead atoms. The molecule has 1 saturated heterocycles. The minimum Gasteiger partial charge on any atom is -0.450 e. The Morgan fingerprint density at radius 1 is 1.12 bits per heavy atom. The quantitative estimate of drug-likeness (QED) is 0.522. The highest BCUT2D eigenvalue weighted by molar-refractivity contribution is 6.08. The Morgan fingerprint density at radius 3 is 2.78 bits per heavy atom. The van der Waals surface area contributed by atoms with E-state index in [-0.39, 0.29) is 0 Å². The van der Waals surface area contributed by atoms with E-state index in [1.54, 1.807) is 6.92 Å². The second kappa shape index (κ2) is 8.47. The summed E-state index contributed by atoms with van der Waals surface area (Å²) in [5, 5.41) is 4.86. The van der Waals surface area contributed by atoms with Crippen molar-refractivity contribution in [3.05, 3.63) is 48.7 Å². The van der Waals surface area contributed by atoms with Gasteiger partial charge in [-0.2, -0.15) is 0 Å². The lowest BCUT2D eigenvalue weighted by Crippen LogP contribution is -2.37. The molecule has 0 radical (unpaired) electrons. The number of nitrogens with zero attached hydrogens (tertiary/aromatic N) is 4. The Labute approximate surface area is 185 Å². The third-order valence-corrected chi connectivity index (χ3v) is 5.66. The van der Waals surface area contributed by atoms with Crippen LogP contribution in [0.25, 0.3) is 33.2 Å². The van der Waals surface area contributed by atoms with Crippen LogP contribution in [0.4, 0.5) is 16.3 Å². The van der Waals surface area contributed by atoms with Crippen molar-refractivity contribution in [1.82, 2.24) is 14.5 Å². The number of nitrogens with one attached hydrogen (secondary N) is 1. The van der Waals surface area contributed by atoms with Crippen molar-refractivity contribution in [2.75, 3.05) is 43.1 Å². The Balaban J connectivity index is 1.66. The van der Waals surface area contributed by atoms with Gasteiger partial charge < -0.3 is 18.9 Å². The highest BCUT2D eigenvalue weighted by atomic mass is 16.5. The van der Waals surface area contributed by atoms with Crippen LogP contribution in [-0.4, -0.2) is 53.5 Å². The molecule has 2 aromatic carbocycles.